The van der Waals surface area contributed by atoms with Crippen LogP contribution in [-0.2, 0) is 19.1 Å². The molecule has 7 nitrogen and oxygen atoms in total. The van der Waals surface area contributed by atoms with Crippen LogP contribution in [0.2, 0.25) is 5.02 Å². The first-order chi connectivity index (χ1) is 18.3. The summed E-state index contributed by atoms with van der Waals surface area (Å²) in [5, 5.41) is 2.91. The zero-order valence-corrected chi connectivity index (χ0v) is 22.8. The number of amides is 1. The summed E-state index contributed by atoms with van der Waals surface area (Å²) in [6.07, 6.45) is -6.13. The molecule has 3 atom stereocenters. The van der Waals surface area contributed by atoms with Gasteiger partial charge in [-0.1, -0.05) is 49.7 Å². The second-order valence-electron chi connectivity index (χ2n) is 9.39. The van der Waals surface area contributed by atoms with Crippen LogP contribution >= 0.6 is 11.6 Å². The van der Waals surface area contributed by atoms with E-state index >= 15 is 0 Å². The first-order valence-electron chi connectivity index (χ1n) is 12.1. The van der Waals surface area contributed by atoms with Crippen LogP contribution in [0, 0.1) is 17.8 Å². The Morgan fingerprint density at radius 2 is 1.62 bits per heavy atom. The Balaban J connectivity index is 2.35. The lowest BCUT2D eigenvalue weighted by atomic mass is 9.84. The second-order valence-corrected chi connectivity index (χ2v) is 9.82. The SMILES string of the molecule is COC[C@H](CC(=O)c1cccc(Cl)c1)C(=O)N[C@H](C(=O)C[C@H](C(=O)C(F)(F)F)C(C)C)c1ccc(OC)cc1. The fraction of sp³-hybridized carbons (Fsp3) is 0.429. The van der Waals surface area contributed by atoms with E-state index in [0.717, 1.165) is 0 Å². The first kappa shape index (κ1) is 32.0. The molecule has 2 rings (SSSR count). The van der Waals surface area contributed by atoms with Crippen molar-refractivity contribution in [2.24, 2.45) is 17.8 Å². The third kappa shape index (κ3) is 9.18. The summed E-state index contributed by atoms with van der Waals surface area (Å²) >= 11 is 5.96. The lowest BCUT2D eigenvalue weighted by Crippen LogP contribution is -2.42. The normalized spacial score (nSPS) is 13.9. The summed E-state index contributed by atoms with van der Waals surface area (Å²) in [4.78, 5) is 51.5. The summed E-state index contributed by atoms with van der Waals surface area (Å²) in [6, 6.07) is 10.8. The fourth-order valence-electron chi connectivity index (χ4n) is 4.01. The molecule has 11 heteroatoms. The van der Waals surface area contributed by atoms with Crippen LogP contribution in [0.1, 0.15) is 48.7 Å². The third-order valence-corrected chi connectivity index (χ3v) is 6.45. The average Bonchev–Trinajstić information content (AvgIpc) is 2.88. The zero-order chi connectivity index (χ0) is 29.3. The van der Waals surface area contributed by atoms with Crippen molar-refractivity contribution in [3.8, 4) is 5.75 Å². The Labute approximate surface area is 230 Å². The number of ketones is 3. The van der Waals surface area contributed by atoms with E-state index in [1.54, 1.807) is 18.2 Å². The molecule has 0 aliphatic heterocycles. The number of nitrogens with one attached hydrogen (secondary N) is 1. The minimum atomic E-state index is -5.11. The van der Waals surface area contributed by atoms with Crippen LogP contribution in [-0.4, -0.2) is 50.3 Å². The van der Waals surface area contributed by atoms with E-state index in [4.69, 9.17) is 21.1 Å². The quantitative estimate of drug-likeness (QED) is 0.306. The van der Waals surface area contributed by atoms with Gasteiger partial charge < -0.3 is 14.8 Å². The maximum Gasteiger partial charge on any atom is 0.450 e. The van der Waals surface area contributed by atoms with Crippen molar-refractivity contribution in [2.75, 3.05) is 20.8 Å². The van der Waals surface area contributed by atoms with Crippen molar-refractivity contribution in [1.29, 1.82) is 0 Å². The summed E-state index contributed by atoms with van der Waals surface area (Å²) in [5.41, 5.74) is 0.554. The molecule has 0 saturated carbocycles. The highest BCUT2D eigenvalue weighted by atomic mass is 35.5. The van der Waals surface area contributed by atoms with Crippen LogP contribution in [0.5, 0.6) is 5.75 Å². The number of methoxy groups -OCH3 is 2. The van der Waals surface area contributed by atoms with Crippen LogP contribution in [0.25, 0.3) is 0 Å². The van der Waals surface area contributed by atoms with Gasteiger partial charge in [-0.2, -0.15) is 13.2 Å². The second kappa shape index (κ2) is 14.2. The molecule has 0 aliphatic rings. The van der Waals surface area contributed by atoms with Gasteiger partial charge >= 0.3 is 6.18 Å². The highest BCUT2D eigenvalue weighted by Crippen LogP contribution is 2.30. The molecule has 1 N–H and O–H groups in total. The van der Waals surface area contributed by atoms with E-state index in [-0.39, 0.29) is 24.2 Å². The van der Waals surface area contributed by atoms with Gasteiger partial charge in [0.15, 0.2) is 11.6 Å². The topological polar surface area (TPSA) is 98.8 Å². The number of rotatable bonds is 14. The molecule has 0 saturated heterocycles. The molecule has 0 spiro atoms. The minimum absolute atomic E-state index is 0.164. The molecule has 0 aliphatic carbocycles. The maximum atomic E-state index is 13.4. The van der Waals surface area contributed by atoms with Crippen molar-refractivity contribution in [3.63, 3.8) is 0 Å². The van der Waals surface area contributed by atoms with Crippen molar-refractivity contribution in [3.05, 3.63) is 64.7 Å². The molecular formula is C28H31ClF3NO6. The number of alkyl halides is 3. The van der Waals surface area contributed by atoms with Gasteiger partial charge in [0.25, 0.3) is 0 Å². The van der Waals surface area contributed by atoms with Crippen LogP contribution in [0.4, 0.5) is 13.2 Å². The molecule has 0 radical (unpaired) electrons. The largest absolute Gasteiger partial charge is 0.497 e. The van der Waals surface area contributed by atoms with E-state index in [9.17, 15) is 32.3 Å². The zero-order valence-electron chi connectivity index (χ0n) is 22.0. The summed E-state index contributed by atoms with van der Waals surface area (Å²) < 4.78 is 49.9. The Bertz CT molecular complexity index is 1170. The molecular weight excluding hydrogens is 539 g/mol. The van der Waals surface area contributed by atoms with Crippen molar-refractivity contribution in [2.45, 2.75) is 38.9 Å². The smallest absolute Gasteiger partial charge is 0.450 e. The van der Waals surface area contributed by atoms with Crippen molar-refractivity contribution in [1.82, 2.24) is 5.32 Å². The molecule has 0 bridgehead atoms. The maximum absolute atomic E-state index is 13.4. The Hall–Kier alpha value is -3.24. The lowest BCUT2D eigenvalue weighted by molar-refractivity contribution is -0.177. The summed E-state index contributed by atoms with van der Waals surface area (Å²) in [6.45, 7) is 2.67. The average molecular weight is 570 g/mol. The predicted octanol–water partition coefficient (Wildman–Crippen LogP) is 5.40. The predicted molar refractivity (Wildman–Crippen MR) is 139 cm³/mol. The molecule has 0 fully saturated rings. The van der Waals surface area contributed by atoms with Gasteiger partial charge in [-0.25, -0.2) is 0 Å². The van der Waals surface area contributed by atoms with Crippen molar-refractivity contribution >= 4 is 34.9 Å². The summed E-state index contributed by atoms with van der Waals surface area (Å²) in [5.74, 6) is -6.89. The molecule has 39 heavy (non-hydrogen) atoms. The van der Waals surface area contributed by atoms with Gasteiger partial charge in [0.2, 0.25) is 11.7 Å². The fourth-order valence-corrected chi connectivity index (χ4v) is 4.20. The third-order valence-electron chi connectivity index (χ3n) is 6.22. The highest BCUT2D eigenvalue weighted by Gasteiger charge is 2.45. The number of benzene rings is 2. The van der Waals surface area contributed by atoms with Gasteiger partial charge in [-0.15, -0.1) is 0 Å². The number of hydrogen-bond donors (Lipinski definition) is 1. The number of halogens is 4. The van der Waals surface area contributed by atoms with Crippen LogP contribution in [0.3, 0.4) is 0 Å². The molecule has 1 amide bonds. The Kier molecular flexibility index (Phi) is 11.7. The van der Waals surface area contributed by atoms with Gasteiger partial charge in [0, 0.05) is 36.5 Å². The monoisotopic (exact) mass is 569 g/mol. The molecule has 0 aromatic heterocycles. The molecule has 2 aromatic carbocycles. The highest BCUT2D eigenvalue weighted by molar-refractivity contribution is 6.31. The van der Waals surface area contributed by atoms with E-state index in [1.807, 2.05) is 0 Å². The van der Waals surface area contributed by atoms with Gasteiger partial charge in [0.05, 0.1) is 19.6 Å². The van der Waals surface area contributed by atoms with Gasteiger partial charge in [-0.3, -0.25) is 19.2 Å². The Morgan fingerprint density at radius 3 is 2.13 bits per heavy atom. The number of hydrogen-bond acceptors (Lipinski definition) is 6. The van der Waals surface area contributed by atoms with E-state index in [0.29, 0.717) is 10.8 Å². The van der Waals surface area contributed by atoms with Crippen molar-refractivity contribution < 1.29 is 41.8 Å². The van der Waals surface area contributed by atoms with E-state index in [1.165, 1.54) is 58.4 Å². The van der Waals surface area contributed by atoms with Gasteiger partial charge in [0.1, 0.15) is 11.8 Å². The molecule has 0 heterocycles. The molecule has 0 unspecified atom stereocenters. The van der Waals surface area contributed by atoms with E-state index < -0.39 is 59.6 Å². The number of carbonyl (C=O) groups excluding carboxylic acids is 4. The molecule has 2 aromatic rings. The summed E-state index contributed by atoms with van der Waals surface area (Å²) in [7, 11) is 2.77. The number of Topliss-reactive ketones (excluding diaryl/α,β-unsaturated/α-hetero) is 3. The molecule has 212 valence electrons. The Morgan fingerprint density at radius 1 is 0.974 bits per heavy atom. The van der Waals surface area contributed by atoms with E-state index in [2.05, 4.69) is 5.32 Å². The number of carbonyl (C=O) groups is 4. The van der Waals surface area contributed by atoms with Gasteiger partial charge in [-0.05, 0) is 35.7 Å². The van der Waals surface area contributed by atoms with Crippen LogP contribution in [0.15, 0.2) is 48.5 Å². The number of ether oxygens (including phenoxy) is 2. The standard InChI is InChI=1S/C28H31ClF3NO6/c1-16(2)22(26(36)28(30,31)32)14-24(35)25(17-8-10-21(39-4)11-9-17)33-27(37)19(15-38-3)13-23(34)18-6-5-7-20(29)12-18/h5-12,16,19,22,25H,13-15H2,1-4H3,(H,33,37)/t19-,22-,25-/m0/s1. The first-order valence-corrected chi connectivity index (χ1v) is 12.5. The lowest BCUT2D eigenvalue weighted by Gasteiger charge is -2.25. The minimum Gasteiger partial charge on any atom is -0.497 e. The van der Waals surface area contributed by atoms with Crippen LogP contribution < -0.4 is 10.1 Å².